The molecule has 2 aromatic heterocycles. The average Bonchev–Trinajstić information content (AvgIpc) is 3.20. The van der Waals surface area contributed by atoms with E-state index in [1.165, 1.54) is 4.88 Å². The quantitative estimate of drug-likeness (QED) is 0.792. The van der Waals surface area contributed by atoms with E-state index < -0.39 is 5.97 Å². The Kier molecular flexibility index (Phi) is 4.84. The number of carbonyl (C=O) groups is 1. The van der Waals surface area contributed by atoms with E-state index in [4.69, 9.17) is 9.47 Å². The Balaban J connectivity index is 1.57. The van der Waals surface area contributed by atoms with Gasteiger partial charge in [0.25, 0.3) is 0 Å². The van der Waals surface area contributed by atoms with Crippen molar-refractivity contribution in [2.75, 3.05) is 7.11 Å². The van der Waals surface area contributed by atoms with Gasteiger partial charge in [-0.2, -0.15) is 0 Å². The minimum Gasteiger partial charge on any atom is -0.457 e. The molecule has 2 aromatic rings. The highest BCUT2D eigenvalue weighted by atomic mass is 32.1. The molecule has 1 saturated carbocycles. The van der Waals surface area contributed by atoms with Gasteiger partial charge in [0.1, 0.15) is 6.10 Å². The third-order valence-corrected chi connectivity index (χ3v) is 4.69. The van der Waals surface area contributed by atoms with Gasteiger partial charge in [-0.1, -0.05) is 11.3 Å². The first kappa shape index (κ1) is 15.2. The number of nitrogens with zero attached hydrogens (tertiary/aromatic N) is 3. The van der Waals surface area contributed by atoms with Crippen molar-refractivity contribution in [3.05, 3.63) is 34.3 Å². The summed E-state index contributed by atoms with van der Waals surface area (Å²) in [5, 5.41) is 9.91. The van der Waals surface area contributed by atoms with Crippen LogP contribution in [-0.2, 0) is 16.0 Å². The van der Waals surface area contributed by atoms with Crippen molar-refractivity contribution in [1.82, 2.24) is 15.0 Å². The van der Waals surface area contributed by atoms with Gasteiger partial charge < -0.3 is 9.47 Å². The van der Waals surface area contributed by atoms with E-state index in [1.807, 2.05) is 17.5 Å². The number of methoxy groups -OCH3 is 1. The van der Waals surface area contributed by atoms with E-state index in [9.17, 15) is 4.79 Å². The summed E-state index contributed by atoms with van der Waals surface area (Å²) in [7, 11) is 1.70. The zero-order valence-electron chi connectivity index (χ0n) is 12.5. The SMILES string of the molecule is CO[C@@H]1CCC[C@H](OC(=O)c2cn(Cc3cccs3)nn2)C1. The Hall–Kier alpha value is -1.73. The molecule has 3 rings (SSSR count). The maximum atomic E-state index is 12.1. The zero-order chi connectivity index (χ0) is 15.4. The van der Waals surface area contributed by atoms with Crippen molar-refractivity contribution in [3.8, 4) is 0 Å². The van der Waals surface area contributed by atoms with E-state index in [0.29, 0.717) is 6.54 Å². The fourth-order valence-electron chi connectivity index (χ4n) is 2.67. The lowest BCUT2D eigenvalue weighted by Crippen LogP contribution is -2.29. The van der Waals surface area contributed by atoms with Gasteiger partial charge in [0.2, 0.25) is 0 Å². The molecule has 1 fully saturated rings. The predicted molar refractivity (Wildman–Crippen MR) is 81.9 cm³/mol. The van der Waals surface area contributed by atoms with Crippen LogP contribution in [0.3, 0.4) is 0 Å². The van der Waals surface area contributed by atoms with E-state index >= 15 is 0 Å². The van der Waals surface area contributed by atoms with Gasteiger partial charge in [-0.25, -0.2) is 9.48 Å². The highest BCUT2D eigenvalue weighted by molar-refractivity contribution is 7.09. The van der Waals surface area contributed by atoms with Crippen LogP contribution in [0.1, 0.15) is 41.0 Å². The number of carbonyl (C=O) groups excluding carboxylic acids is 1. The fourth-order valence-corrected chi connectivity index (χ4v) is 3.36. The minimum absolute atomic E-state index is 0.0892. The highest BCUT2D eigenvalue weighted by Gasteiger charge is 2.26. The molecule has 0 bridgehead atoms. The summed E-state index contributed by atoms with van der Waals surface area (Å²) in [6.45, 7) is 0.618. The molecule has 0 spiro atoms. The molecule has 0 aliphatic heterocycles. The van der Waals surface area contributed by atoms with Crippen molar-refractivity contribution in [3.63, 3.8) is 0 Å². The minimum atomic E-state index is -0.404. The van der Waals surface area contributed by atoms with Gasteiger partial charge in [-0.15, -0.1) is 16.4 Å². The monoisotopic (exact) mass is 321 g/mol. The molecule has 1 aliphatic rings. The first-order chi connectivity index (χ1) is 10.7. The van der Waals surface area contributed by atoms with Gasteiger partial charge in [0.05, 0.1) is 18.8 Å². The highest BCUT2D eigenvalue weighted by Crippen LogP contribution is 2.23. The van der Waals surface area contributed by atoms with Crippen LogP contribution in [0.15, 0.2) is 23.7 Å². The van der Waals surface area contributed by atoms with Crippen LogP contribution in [0, 0.1) is 0 Å². The molecule has 22 heavy (non-hydrogen) atoms. The number of ether oxygens (including phenoxy) is 2. The standard InChI is InChI=1S/C15H19N3O3S/c1-20-11-4-2-5-12(8-11)21-15(19)14-10-18(17-16-14)9-13-6-3-7-22-13/h3,6-7,10-12H,2,4-5,8-9H2,1H3/t11-,12+/m1/s1. The summed E-state index contributed by atoms with van der Waals surface area (Å²) < 4.78 is 12.5. The lowest BCUT2D eigenvalue weighted by molar-refractivity contribution is -0.0153. The molecular weight excluding hydrogens is 302 g/mol. The number of thiophene rings is 1. The molecule has 2 atom stereocenters. The average molecular weight is 321 g/mol. The van der Waals surface area contributed by atoms with Crippen LogP contribution in [0.2, 0.25) is 0 Å². The Morgan fingerprint density at radius 1 is 1.45 bits per heavy atom. The molecule has 1 aliphatic carbocycles. The third kappa shape index (κ3) is 3.72. The summed E-state index contributed by atoms with van der Waals surface area (Å²) >= 11 is 1.65. The van der Waals surface area contributed by atoms with Gasteiger partial charge in [-0.05, 0) is 30.7 Å². The molecule has 0 radical (unpaired) electrons. The smallest absolute Gasteiger partial charge is 0.360 e. The first-order valence-corrected chi connectivity index (χ1v) is 8.29. The van der Waals surface area contributed by atoms with Crippen molar-refractivity contribution in [1.29, 1.82) is 0 Å². The van der Waals surface area contributed by atoms with Crippen molar-refractivity contribution >= 4 is 17.3 Å². The molecule has 0 N–H and O–H groups in total. The second-order valence-electron chi connectivity index (χ2n) is 5.43. The van der Waals surface area contributed by atoms with Gasteiger partial charge >= 0.3 is 5.97 Å². The van der Waals surface area contributed by atoms with E-state index in [0.717, 1.165) is 25.7 Å². The first-order valence-electron chi connectivity index (χ1n) is 7.41. The topological polar surface area (TPSA) is 66.2 Å². The lowest BCUT2D eigenvalue weighted by Gasteiger charge is -2.27. The van der Waals surface area contributed by atoms with Crippen LogP contribution >= 0.6 is 11.3 Å². The molecule has 6 nitrogen and oxygen atoms in total. The van der Waals surface area contributed by atoms with E-state index in [-0.39, 0.29) is 17.9 Å². The normalized spacial score (nSPS) is 21.7. The van der Waals surface area contributed by atoms with Crippen molar-refractivity contribution in [2.45, 2.75) is 44.4 Å². The molecular formula is C15H19N3O3S. The number of rotatable bonds is 5. The molecule has 2 heterocycles. The molecule has 0 amide bonds. The Morgan fingerprint density at radius 3 is 3.09 bits per heavy atom. The van der Waals surface area contributed by atoms with Crippen LogP contribution in [0.25, 0.3) is 0 Å². The second kappa shape index (κ2) is 7.02. The molecule has 0 unspecified atom stereocenters. The lowest BCUT2D eigenvalue weighted by atomic mass is 9.95. The second-order valence-corrected chi connectivity index (χ2v) is 6.46. The molecule has 7 heteroatoms. The fraction of sp³-hybridized carbons (Fsp3) is 0.533. The number of hydrogen-bond donors (Lipinski definition) is 0. The Labute approximate surface area is 133 Å². The zero-order valence-corrected chi connectivity index (χ0v) is 13.3. The van der Waals surface area contributed by atoms with Crippen LogP contribution in [0.5, 0.6) is 0 Å². The molecule has 118 valence electrons. The Bertz CT molecular complexity index is 611. The van der Waals surface area contributed by atoms with Crippen LogP contribution in [-0.4, -0.2) is 40.3 Å². The number of hydrogen-bond acceptors (Lipinski definition) is 6. The predicted octanol–water partition coefficient (Wildman–Crippen LogP) is 2.50. The summed E-state index contributed by atoms with van der Waals surface area (Å²) in [5.41, 5.74) is 0.260. The molecule has 0 aromatic carbocycles. The summed E-state index contributed by atoms with van der Waals surface area (Å²) in [6.07, 6.45) is 5.41. The summed E-state index contributed by atoms with van der Waals surface area (Å²) in [6, 6.07) is 4.01. The maximum absolute atomic E-state index is 12.1. The van der Waals surface area contributed by atoms with E-state index in [2.05, 4.69) is 10.3 Å². The Morgan fingerprint density at radius 2 is 2.32 bits per heavy atom. The van der Waals surface area contributed by atoms with Crippen LogP contribution in [0.4, 0.5) is 0 Å². The van der Waals surface area contributed by atoms with Crippen LogP contribution < -0.4 is 0 Å². The van der Waals surface area contributed by atoms with Gasteiger partial charge in [0.15, 0.2) is 5.69 Å². The van der Waals surface area contributed by atoms with E-state index in [1.54, 1.807) is 29.3 Å². The van der Waals surface area contributed by atoms with Gasteiger partial charge in [-0.3, -0.25) is 0 Å². The maximum Gasteiger partial charge on any atom is 0.360 e. The van der Waals surface area contributed by atoms with Crippen molar-refractivity contribution in [2.24, 2.45) is 0 Å². The van der Waals surface area contributed by atoms with Gasteiger partial charge in [0, 0.05) is 18.4 Å². The summed E-state index contributed by atoms with van der Waals surface area (Å²) in [5.74, 6) is -0.404. The summed E-state index contributed by atoms with van der Waals surface area (Å²) in [4.78, 5) is 13.3. The van der Waals surface area contributed by atoms with Crippen molar-refractivity contribution < 1.29 is 14.3 Å². The largest absolute Gasteiger partial charge is 0.457 e. The molecule has 0 saturated heterocycles. The number of esters is 1. The number of aromatic nitrogens is 3. The third-order valence-electron chi connectivity index (χ3n) is 3.83.